The molecule has 24 heavy (non-hydrogen) atoms. The minimum atomic E-state index is -0.345. The van der Waals surface area contributed by atoms with Gasteiger partial charge < -0.3 is 10.1 Å². The summed E-state index contributed by atoms with van der Waals surface area (Å²) in [6.07, 6.45) is 4.27. The molecule has 3 nitrogen and oxygen atoms in total. The average Bonchev–Trinajstić information content (AvgIpc) is 3.10. The predicted octanol–water partition coefficient (Wildman–Crippen LogP) is 5.19. The first-order valence-corrected chi connectivity index (χ1v) is 9.18. The first kappa shape index (κ1) is 17.0. The minimum Gasteiger partial charge on any atom is -0.445 e. The van der Waals surface area contributed by atoms with Crippen molar-refractivity contribution < 1.29 is 9.53 Å². The van der Waals surface area contributed by atoms with Gasteiger partial charge in [0.1, 0.15) is 6.61 Å². The fourth-order valence-electron chi connectivity index (χ4n) is 3.44. The summed E-state index contributed by atoms with van der Waals surface area (Å²) in [5, 5.41) is 2.98. The highest BCUT2D eigenvalue weighted by molar-refractivity contribution is 9.10. The van der Waals surface area contributed by atoms with Gasteiger partial charge in [0.15, 0.2) is 0 Å². The fraction of sp³-hybridized carbons (Fsp3) is 0.350. The van der Waals surface area contributed by atoms with E-state index in [-0.39, 0.29) is 11.5 Å². The number of ether oxygens (including phenoxy) is 1. The molecule has 2 aromatic rings. The van der Waals surface area contributed by atoms with Crippen molar-refractivity contribution >= 4 is 22.0 Å². The Balaban J connectivity index is 1.58. The molecule has 0 atom stereocenters. The lowest BCUT2D eigenvalue weighted by Gasteiger charge is -2.30. The maximum absolute atomic E-state index is 12.1. The van der Waals surface area contributed by atoms with Gasteiger partial charge in [0.25, 0.3) is 0 Å². The lowest BCUT2D eigenvalue weighted by Crippen LogP contribution is -2.39. The number of hydrogen-bond donors (Lipinski definition) is 1. The molecule has 126 valence electrons. The molecule has 0 aliphatic heterocycles. The SMILES string of the molecule is O=C(NCC1(c2ccc(Br)cc2)CCCC1)OCc1ccccc1. The van der Waals surface area contributed by atoms with Crippen molar-refractivity contribution in [3.63, 3.8) is 0 Å². The summed E-state index contributed by atoms with van der Waals surface area (Å²) in [6, 6.07) is 18.2. The Morgan fingerprint density at radius 1 is 1.04 bits per heavy atom. The molecule has 1 aliphatic carbocycles. The Labute approximate surface area is 151 Å². The van der Waals surface area contributed by atoms with E-state index in [1.807, 2.05) is 30.3 Å². The molecular weight excluding hydrogens is 366 g/mol. The van der Waals surface area contributed by atoms with Crippen LogP contribution in [0.4, 0.5) is 4.79 Å². The van der Waals surface area contributed by atoms with Crippen molar-refractivity contribution in [2.75, 3.05) is 6.54 Å². The third kappa shape index (κ3) is 4.18. The summed E-state index contributed by atoms with van der Waals surface area (Å²) >= 11 is 3.49. The summed E-state index contributed by atoms with van der Waals surface area (Å²) in [7, 11) is 0. The number of nitrogens with one attached hydrogen (secondary N) is 1. The molecule has 0 bridgehead atoms. The molecule has 1 saturated carbocycles. The van der Waals surface area contributed by atoms with Gasteiger partial charge in [-0.3, -0.25) is 0 Å². The smallest absolute Gasteiger partial charge is 0.407 e. The van der Waals surface area contributed by atoms with Crippen LogP contribution in [0.5, 0.6) is 0 Å². The van der Waals surface area contributed by atoms with E-state index in [1.54, 1.807) is 0 Å². The summed E-state index contributed by atoms with van der Waals surface area (Å²) < 4.78 is 6.41. The van der Waals surface area contributed by atoms with Crippen molar-refractivity contribution in [2.24, 2.45) is 0 Å². The number of amides is 1. The van der Waals surface area contributed by atoms with Crippen LogP contribution < -0.4 is 5.32 Å². The highest BCUT2D eigenvalue weighted by Gasteiger charge is 2.36. The average molecular weight is 388 g/mol. The normalized spacial score (nSPS) is 15.9. The van der Waals surface area contributed by atoms with E-state index < -0.39 is 0 Å². The van der Waals surface area contributed by atoms with Crippen LogP contribution in [-0.4, -0.2) is 12.6 Å². The first-order valence-electron chi connectivity index (χ1n) is 8.39. The van der Waals surface area contributed by atoms with Gasteiger partial charge in [-0.15, -0.1) is 0 Å². The molecule has 2 aromatic carbocycles. The Morgan fingerprint density at radius 3 is 2.38 bits per heavy atom. The zero-order valence-corrected chi connectivity index (χ0v) is 15.2. The van der Waals surface area contributed by atoms with E-state index in [2.05, 4.69) is 45.5 Å². The molecule has 0 heterocycles. The second-order valence-corrected chi connectivity index (χ2v) is 7.33. The molecule has 4 heteroatoms. The van der Waals surface area contributed by atoms with Gasteiger partial charge in [0.2, 0.25) is 0 Å². The lowest BCUT2D eigenvalue weighted by molar-refractivity contribution is 0.137. The number of halogens is 1. The van der Waals surface area contributed by atoms with Gasteiger partial charge in [-0.05, 0) is 36.1 Å². The number of carbonyl (C=O) groups excluding carboxylic acids is 1. The largest absolute Gasteiger partial charge is 0.445 e. The topological polar surface area (TPSA) is 38.3 Å². The van der Waals surface area contributed by atoms with Crippen LogP contribution in [0.3, 0.4) is 0 Å². The van der Waals surface area contributed by atoms with Crippen molar-refractivity contribution in [1.29, 1.82) is 0 Å². The van der Waals surface area contributed by atoms with Crippen molar-refractivity contribution in [1.82, 2.24) is 5.32 Å². The van der Waals surface area contributed by atoms with Gasteiger partial charge in [0, 0.05) is 16.4 Å². The van der Waals surface area contributed by atoms with Crippen LogP contribution >= 0.6 is 15.9 Å². The molecular formula is C20H22BrNO2. The van der Waals surface area contributed by atoms with Crippen LogP contribution in [0.15, 0.2) is 59.1 Å². The Hall–Kier alpha value is -1.81. The van der Waals surface area contributed by atoms with Gasteiger partial charge in [-0.1, -0.05) is 71.2 Å². The summed E-state index contributed by atoms with van der Waals surface area (Å²) in [4.78, 5) is 12.1. The third-order valence-corrected chi connectivity index (χ3v) is 5.33. The van der Waals surface area contributed by atoms with Gasteiger partial charge in [-0.2, -0.15) is 0 Å². The molecule has 0 aromatic heterocycles. The van der Waals surface area contributed by atoms with Gasteiger partial charge in [0.05, 0.1) is 0 Å². The maximum Gasteiger partial charge on any atom is 0.407 e. The Morgan fingerprint density at radius 2 is 1.71 bits per heavy atom. The maximum atomic E-state index is 12.1. The Kier molecular flexibility index (Phi) is 5.56. The summed E-state index contributed by atoms with van der Waals surface area (Å²) in [5.41, 5.74) is 2.33. The summed E-state index contributed by atoms with van der Waals surface area (Å²) in [6.45, 7) is 0.931. The third-order valence-electron chi connectivity index (χ3n) is 4.80. The zero-order valence-electron chi connectivity index (χ0n) is 13.6. The van der Waals surface area contributed by atoms with Gasteiger partial charge >= 0.3 is 6.09 Å². The molecule has 0 spiro atoms. The molecule has 0 radical (unpaired) electrons. The van der Waals surface area contributed by atoms with E-state index in [0.29, 0.717) is 13.2 Å². The second kappa shape index (κ2) is 7.84. The lowest BCUT2D eigenvalue weighted by atomic mass is 9.79. The molecule has 1 aliphatic rings. The number of carbonyl (C=O) groups is 1. The number of hydrogen-bond acceptors (Lipinski definition) is 2. The quantitative estimate of drug-likeness (QED) is 0.766. The minimum absolute atomic E-state index is 0.0342. The fourth-order valence-corrected chi connectivity index (χ4v) is 3.70. The van der Waals surface area contributed by atoms with Crippen LogP contribution in [0.1, 0.15) is 36.8 Å². The molecule has 0 unspecified atom stereocenters. The van der Waals surface area contributed by atoms with E-state index in [0.717, 1.165) is 22.9 Å². The van der Waals surface area contributed by atoms with Crippen LogP contribution in [-0.2, 0) is 16.8 Å². The zero-order chi connectivity index (χ0) is 16.8. The molecule has 1 amide bonds. The summed E-state index contributed by atoms with van der Waals surface area (Å²) in [5.74, 6) is 0. The van der Waals surface area contributed by atoms with E-state index in [1.165, 1.54) is 18.4 Å². The standard InChI is InChI=1S/C20H22BrNO2/c21-18-10-8-17(9-11-18)20(12-4-5-13-20)15-22-19(23)24-14-16-6-2-1-3-7-16/h1-3,6-11H,4-5,12-15H2,(H,22,23). The number of alkyl carbamates (subject to hydrolysis) is 1. The van der Waals surface area contributed by atoms with E-state index in [9.17, 15) is 4.79 Å². The van der Waals surface area contributed by atoms with Crippen LogP contribution in [0.25, 0.3) is 0 Å². The molecule has 1 fully saturated rings. The highest BCUT2D eigenvalue weighted by Crippen LogP contribution is 2.40. The van der Waals surface area contributed by atoms with Crippen molar-refractivity contribution in [2.45, 2.75) is 37.7 Å². The van der Waals surface area contributed by atoms with E-state index in [4.69, 9.17) is 4.74 Å². The predicted molar refractivity (Wildman–Crippen MR) is 98.9 cm³/mol. The van der Waals surface area contributed by atoms with Gasteiger partial charge in [-0.25, -0.2) is 4.79 Å². The van der Waals surface area contributed by atoms with Crippen LogP contribution in [0.2, 0.25) is 0 Å². The number of benzene rings is 2. The van der Waals surface area contributed by atoms with Crippen molar-refractivity contribution in [3.8, 4) is 0 Å². The number of rotatable bonds is 5. The molecule has 1 N–H and O–H groups in total. The second-order valence-electron chi connectivity index (χ2n) is 6.41. The van der Waals surface area contributed by atoms with Crippen LogP contribution in [0, 0.1) is 0 Å². The van der Waals surface area contributed by atoms with Crippen molar-refractivity contribution in [3.05, 3.63) is 70.2 Å². The molecule has 0 saturated heterocycles. The Bertz CT molecular complexity index is 664. The molecule has 3 rings (SSSR count). The monoisotopic (exact) mass is 387 g/mol. The highest BCUT2D eigenvalue weighted by atomic mass is 79.9. The first-order chi connectivity index (χ1) is 11.7. The van der Waals surface area contributed by atoms with E-state index >= 15 is 0 Å².